The van der Waals surface area contributed by atoms with E-state index in [0.29, 0.717) is 16.3 Å². The molecule has 128 valence electrons. The quantitative estimate of drug-likeness (QED) is 0.882. The Bertz CT molecular complexity index is 859. The number of ketones is 1. The first kappa shape index (κ1) is 17.2. The van der Waals surface area contributed by atoms with Crippen LogP contribution in [0.5, 0.6) is 0 Å². The van der Waals surface area contributed by atoms with Crippen LogP contribution in [-0.4, -0.2) is 16.8 Å². The van der Waals surface area contributed by atoms with Crippen LogP contribution in [-0.2, 0) is 9.59 Å². The molecule has 0 spiro atoms. The van der Waals surface area contributed by atoms with Crippen LogP contribution in [0.2, 0.25) is 5.02 Å². The average Bonchev–Trinajstić information content (AvgIpc) is 2.87. The molecule has 25 heavy (non-hydrogen) atoms. The van der Waals surface area contributed by atoms with Gasteiger partial charge in [0.1, 0.15) is 5.82 Å². The number of rotatable bonds is 4. The summed E-state index contributed by atoms with van der Waals surface area (Å²) in [5.74, 6) is -2.03. The highest BCUT2D eigenvalue weighted by atomic mass is 35.5. The Kier molecular flexibility index (Phi) is 4.59. The topological polar surface area (TPSA) is 57.6 Å². The van der Waals surface area contributed by atoms with Crippen molar-refractivity contribution in [1.82, 2.24) is 0 Å². The van der Waals surface area contributed by atoms with Gasteiger partial charge in [0.25, 0.3) is 5.91 Å². The summed E-state index contributed by atoms with van der Waals surface area (Å²) in [4.78, 5) is 26.3. The maximum absolute atomic E-state index is 13.2. The summed E-state index contributed by atoms with van der Waals surface area (Å²) < 4.78 is 13.2. The number of benzene rings is 2. The second-order valence-corrected chi connectivity index (χ2v) is 6.08. The van der Waals surface area contributed by atoms with E-state index in [-0.39, 0.29) is 17.8 Å². The van der Waals surface area contributed by atoms with E-state index in [9.17, 15) is 19.1 Å². The van der Waals surface area contributed by atoms with Gasteiger partial charge >= 0.3 is 0 Å². The lowest BCUT2D eigenvalue weighted by molar-refractivity contribution is -0.118. The molecule has 1 atom stereocenters. The fourth-order valence-corrected chi connectivity index (χ4v) is 3.03. The maximum Gasteiger partial charge on any atom is 0.294 e. The molecule has 4 nitrogen and oxygen atoms in total. The van der Waals surface area contributed by atoms with Gasteiger partial charge in [0.15, 0.2) is 11.5 Å². The predicted molar refractivity (Wildman–Crippen MR) is 93.0 cm³/mol. The molecule has 1 heterocycles. The number of carbonyl (C=O) groups excluding carboxylic acids is 2. The van der Waals surface area contributed by atoms with Crippen molar-refractivity contribution in [3.63, 3.8) is 0 Å². The molecular formula is C19H15ClFNO3. The van der Waals surface area contributed by atoms with Crippen LogP contribution in [0.25, 0.3) is 0 Å². The summed E-state index contributed by atoms with van der Waals surface area (Å²) in [7, 11) is 0. The van der Waals surface area contributed by atoms with Gasteiger partial charge in [0, 0.05) is 17.1 Å². The van der Waals surface area contributed by atoms with Gasteiger partial charge in [-0.25, -0.2) is 4.39 Å². The van der Waals surface area contributed by atoms with Gasteiger partial charge in [-0.2, -0.15) is 0 Å². The highest BCUT2D eigenvalue weighted by Gasteiger charge is 2.43. The smallest absolute Gasteiger partial charge is 0.294 e. The van der Waals surface area contributed by atoms with Crippen LogP contribution in [0.15, 0.2) is 59.9 Å². The summed E-state index contributed by atoms with van der Waals surface area (Å²) in [5, 5.41) is 10.8. The molecule has 1 aliphatic heterocycles. The minimum absolute atomic E-state index is 0.0409. The van der Waals surface area contributed by atoms with Gasteiger partial charge in [-0.1, -0.05) is 30.7 Å². The van der Waals surface area contributed by atoms with Crippen molar-refractivity contribution >= 4 is 29.0 Å². The first-order chi connectivity index (χ1) is 11.9. The van der Waals surface area contributed by atoms with Crippen molar-refractivity contribution in [2.24, 2.45) is 0 Å². The lowest BCUT2D eigenvalue weighted by Crippen LogP contribution is -2.31. The number of hydrogen-bond donors (Lipinski definition) is 1. The highest BCUT2D eigenvalue weighted by molar-refractivity contribution is 6.30. The zero-order valence-corrected chi connectivity index (χ0v) is 14.1. The molecule has 1 N–H and O–H groups in total. The Morgan fingerprint density at radius 2 is 1.76 bits per heavy atom. The van der Waals surface area contributed by atoms with Crippen molar-refractivity contribution in [2.45, 2.75) is 19.4 Å². The first-order valence-corrected chi connectivity index (χ1v) is 8.12. The third-order valence-electron chi connectivity index (χ3n) is 4.12. The van der Waals surface area contributed by atoms with E-state index in [2.05, 4.69) is 0 Å². The van der Waals surface area contributed by atoms with Crippen molar-refractivity contribution < 1.29 is 19.1 Å². The van der Waals surface area contributed by atoms with Gasteiger partial charge in [-0.05, 0) is 42.0 Å². The molecule has 1 amide bonds. The van der Waals surface area contributed by atoms with Crippen LogP contribution in [0.1, 0.15) is 24.9 Å². The van der Waals surface area contributed by atoms with E-state index in [1.807, 2.05) is 0 Å². The summed E-state index contributed by atoms with van der Waals surface area (Å²) in [6.07, 6.45) is 0.147. The Morgan fingerprint density at radius 1 is 1.16 bits per heavy atom. The zero-order valence-electron chi connectivity index (χ0n) is 13.4. The molecule has 0 saturated heterocycles. The number of halogens is 2. The Labute approximate surface area is 149 Å². The van der Waals surface area contributed by atoms with Gasteiger partial charge in [0.05, 0.1) is 11.6 Å². The number of carbonyl (C=O) groups is 2. The lowest BCUT2D eigenvalue weighted by atomic mass is 9.95. The fraction of sp³-hybridized carbons (Fsp3) is 0.158. The van der Waals surface area contributed by atoms with E-state index < -0.39 is 23.5 Å². The van der Waals surface area contributed by atoms with Crippen LogP contribution >= 0.6 is 11.6 Å². The van der Waals surface area contributed by atoms with E-state index in [1.165, 1.54) is 29.2 Å². The number of amides is 1. The number of nitrogens with zero attached hydrogens (tertiary/aromatic N) is 1. The standard InChI is InChI=1S/C19H15ClFNO3/c1-2-15(23)16-17(11-3-5-12(20)6-4-11)22(19(25)18(16)24)14-9-7-13(21)8-10-14/h3-10,17,24H,2H2,1H3. The van der Waals surface area contributed by atoms with Crippen LogP contribution in [0, 0.1) is 5.82 Å². The molecule has 0 aliphatic carbocycles. The molecule has 1 unspecified atom stereocenters. The fourth-order valence-electron chi connectivity index (χ4n) is 2.91. The molecule has 0 radical (unpaired) electrons. The van der Waals surface area contributed by atoms with E-state index in [1.54, 1.807) is 31.2 Å². The van der Waals surface area contributed by atoms with Gasteiger partial charge < -0.3 is 5.11 Å². The van der Waals surface area contributed by atoms with Crippen molar-refractivity contribution in [3.05, 3.63) is 76.3 Å². The second kappa shape index (κ2) is 6.69. The maximum atomic E-state index is 13.2. The lowest BCUT2D eigenvalue weighted by Gasteiger charge is -2.27. The summed E-state index contributed by atoms with van der Waals surface area (Å²) in [6.45, 7) is 1.66. The third kappa shape index (κ3) is 3.03. The molecule has 2 aromatic rings. The number of aliphatic hydroxyl groups is 1. The van der Waals surface area contributed by atoms with Crippen LogP contribution in [0.4, 0.5) is 10.1 Å². The molecular weight excluding hydrogens is 345 g/mol. The monoisotopic (exact) mass is 359 g/mol. The van der Waals surface area contributed by atoms with E-state index in [0.717, 1.165) is 0 Å². The zero-order chi connectivity index (χ0) is 18.1. The molecule has 2 aromatic carbocycles. The van der Waals surface area contributed by atoms with E-state index in [4.69, 9.17) is 11.6 Å². The molecule has 0 aromatic heterocycles. The third-order valence-corrected chi connectivity index (χ3v) is 4.37. The van der Waals surface area contributed by atoms with Crippen molar-refractivity contribution in [1.29, 1.82) is 0 Å². The molecule has 0 fully saturated rings. The minimum Gasteiger partial charge on any atom is -0.503 e. The van der Waals surface area contributed by atoms with Crippen molar-refractivity contribution in [3.8, 4) is 0 Å². The summed E-state index contributed by atoms with van der Waals surface area (Å²) >= 11 is 5.92. The largest absolute Gasteiger partial charge is 0.503 e. The Morgan fingerprint density at radius 3 is 2.32 bits per heavy atom. The second-order valence-electron chi connectivity index (χ2n) is 5.64. The highest BCUT2D eigenvalue weighted by Crippen LogP contribution is 2.41. The molecule has 6 heteroatoms. The Balaban J connectivity index is 2.16. The number of anilines is 1. The Hall–Kier alpha value is -2.66. The van der Waals surface area contributed by atoms with Crippen LogP contribution in [0.3, 0.4) is 0 Å². The van der Waals surface area contributed by atoms with Crippen molar-refractivity contribution in [2.75, 3.05) is 4.90 Å². The SMILES string of the molecule is CCC(=O)C1=C(O)C(=O)N(c2ccc(F)cc2)C1c1ccc(Cl)cc1. The average molecular weight is 360 g/mol. The number of aliphatic hydroxyl groups excluding tert-OH is 1. The molecule has 0 bridgehead atoms. The van der Waals surface area contributed by atoms with E-state index >= 15 is 0 Å². The molecule has 3 rings (SSSR count). The molecule has 1 aliphatic rings. The number of Topliss-reactive ketones (excluding diaryl/α,β-unsaturated/α-hetero) is 1. The van der Waals surface area contributed by atoms with Crippen LogP contribution < -0.4 is 4.90 Å². The minimum atomic E-state index is -0.789. The normalized spacial score (nSPS) is 17.3. The first-order valence-electron chi connectivity index (χ1n) is 7.75. The van der Waals surface area contributed by atoms with Gasteiger partial charge in [0.2, 0.25) is 0 Å². The van der Waals surface area contributed by atoms with Gasteiger partial charge in [-0.3, -0.25) is 14.5 Å². The summed E-state index contributed by atoms with van der Waals surface area (Å²) in [5.41, 5.74) is 1.05. The molecule has 0 saturated carbocycles. The summed E-state index contributed by atoms with van der Waals surface area (Å²) in [6, 6.07) is 11.2. The predicted octanol–water partition coefficient (Wildman–Crippen LogP) is 4.36. The number of hydrogen-bond acceptors (Lipinski definition) is 3. The van der Waals surface area contributed by atoms with Gasteiger partial charge in [-0.15, -0.1) is 0 Å².